The largest absolute Gasteiger partial charge is 0.341 e. The van der Waals surface area contributed by atoms with Crippen molar-refractivity contribution < 1.29 is 0 Å². The van der Waals surface area contributed by atoms with Gasteiger partial charge in [-0.25, -0.2) is 4.98 Å². The first-order valence-corrected chi connectivity index (χ1v) is 7.29. The third-order valence-corrected chi connectivity index (χ3v) is 3.46. The SMILES string of the molecule is CC(C)(C)NCc1cnc(-c2ccc3ccccc3c2)[nH]1. The maximum absolute atomic E-state index is 4.50. The van der Waals surface area contributed by atoms with Crippen LogP contribution in [-0.2, 0) is 6.54 Å². The fourth-order valence-electron chi connectivity index (χ4n) is 2.29. The van der Waals surface area contributed by atoms with E-state index in [-0.39, 0.29) is 5.54 Å². The third kappa shape index (κ3) is 3.31. The van der Waals surface area contributed by atoms with Crippen LogP contribution in [0.5, 0.6) is 0 Å². The molecule has 108 valence electrons. The van der Waals surface area contributed by atoms with Crippen molar-refractivity contribution in [2.24, 2.45) is 0 Å². The van der Waals surface area contributed by atoms with Crippen molar-refractivity contribution in [3.63, 3.8) is 0 Å². The third-order valence-electron chi connectivity index (χ3n) is 3.46. The Morgan fingerprint density at radius 1 is 1.05 bits per heavy atom. The lowest BCUT2D eigenvalue weighted by Crippen LogP contribution is -2.35. The van der Waals surface area contributed by atoms with Gasteiger partial charge in [-0.1, -0.05) is 36.4 Å². The summed E-state index contributed by atoms with van der Waals surface area (Å²) in [5.74, 6) is 0.923. The average Bonchev–Trinajstić information content (AvgIpc) is 2.93. The Morgan fingerprint density at radius 3 is 2.57 bits per heavy atom. The van der Waals surface area contributed by atoms with Crippen molar-refractivity contribution in [2.75, 3.05) is 0 Å². The Balaban J connectivity index is 1.84. The Kier molecular flexibility index (Phi) is 3.52. The molecule has 0 aliphatic heterocycles. The summed E-state index contributed by atoms with van der Waals surface area (Å²) in [6.45, 7) is 7.28. The molecule has 3 nitrogen and oxygen atoms in total. The predicted octanol–water partition coefficient (Wildman–Crippen LogP) is 4.12. The quantitative estimate of drug-likeness (QED) is 0.757. The average molecular weight is 279 g/mol. The standard InChI is InChI=1S/C18H21N3/c1-18(2,3)20-12-16-11-19-17(21-16)15-9-8-13-6-4-5-7-14(13)10-15/h4-11,20H,12H2,1-3H3,(H,19,21). The maximum Gasteiger partial charge on any atom is 0.137 e. The summed E-state index contributed by atoms with van der Waals surface area (Å²) >= 11 is 0. The van der Waals surface area contributed by atoms with Crippen LogP contribution in [-0.4, -0.2) is 15.5 Å². The fraction of sp³-hybridized carbons (Fsp3) is 0.278. The molecule has 0 radical (unpaired) electrons. The molecule has 0 saturated carbocycles. The van der Waals surface area contributed by atoms with Gasteiger partial charge in [0.15, 0.2) is 0 Å². The van der Waals surface area contributed by atoms with Crippen LogP contribution in [0.15, 0.2) is 48.7 Å². The molecule has 2 aromatic carbocycles. The van der Waals surface area contributed by atoms with Crippen molar-refractivity contribution in [3.05, 3.63) is 54.4 Å². The predicted molar refractivity (Wildman–Crippen MR) is 88.1 cm³/mol. The highest BCUT2D eigenvalue weighted by Gasteiger charge is 2.10. The van der Waals surface area contributed by atoms with E-state index in [1.165, 1.54) is 10.8 Å². The zero-order chi connectivity index (χ0) is 14.9. The Hall–Kier alpha value is -2.13. The molecule has 3 rings (SSSR count). The monoisotopic (exact) mass is 279 g/mol. The minimum absolute atomic E-state index is 0.105. The molecule has 1 aromatic heterocycles. The molecule has 2 N–H and O–H groups in total. The number of nitrogens with zero attached hydrogens (tertiary/aromatic N) is 1. The van der Waals surface area contributed by atoms with E-state index < -0.39 is 0 Å². The molecule has 3 aromatic rings. The highest BCUT2D eigenvalue weighted by molar-refractivity contribution is 5.86. The van der Waals surface area contributed by atoms with E-state index in [2.05, 4.69) is 78.5 Å². The Labute approximate surface area is 125 Å². The number of benzene rings is 2. The van der Waals surface area contributed by atoms with E-state index in [9.17, 15) is 0 Å². The summed E-state index contributed by atoms with van der Waals surface area (Å²) in [6, 6.07) is 14.8. The van der Waals surface area contributed by atoms with Gasteiger partial charge in [0.2, 0.25) is 0 Å². The van der Waals surface area contributed by atoms with E-state index in [0.717, 1.165) is 23.6 Å². The van der Waals surface area contributed by atoms with E-state index in [1.54, 1.807) is 0 Å². The molecule has 0 amide bonds. The van der Waals surface area contributed by atoms with Gasteiger partial charge in [0.05, 0.1) is 0 Å². The number of hydrogen-bond donors (Lipinski definition) is 2. The van der Waals surface area contributed by atoms with Crippen molar-refractivity contribution in [1.82, 2.24) is 15.3 Å². The van der Waals surface area contributed by atoms with Crippen molar-refractivity contribution in [2.45, 2.75) is 32.9 Å². The number of hydrogen-bond acceptors (Lipinski definition) is 2. The van der Waals surface area contributed by atoms with Crippen LogP contribution in [0.1, 0.15) is 26.5 Å². The number of rotatable bonds is 3. The zero-order valence-corrected chi connectivity index (χ0v) is 12.8. The molecule has 0 aliphatic rings. The molecule has 0 fully saturated rings. The van der Waals surface area contributed by atoms with Crippen LogP contribution >= 0.6 is 0 Å². The van der Waals surface area contributed by atoms with E-state index in [0.29, 0.717) is 0 Å². The second-order valence-corrected chi connectivity index (χ2v) is 6.42. The van der Waals surface area contributed by atoms with Crippen LogP contribution in [0.25, 0.3) is 22.2 Å². The summed E-state index contributed by atoms with van der Waals surface area (Å²) in [5.41, 5.74) is 2.33. The summed E-state index contributed by atoms with van der Waals surface area (Å²) in [6.07, 6.45) is 1.91. The van der Waals surface area contributed by atoms with Crippen LogP contribution in [0, 0.1) is 0 Å². The molecule has 0 unspecified atom stereocenters. The van der Waals surface area contributed by atoms with Crippen LogP contribution in [0.4, 0.5) is 0 Å². The summed E-state index contributed by atoms with van der Waals surface area (Å²) in [7, 11) is 0. The van der Waals surface area contributed by atoms with Gasteiger partial charge in [-0.3, -0.25) is 0 Å². The molecule has 21 heavy (non-hydrogen) atoms. The minimum Gasteiger partial charge on any atom is -0.341 e. The minimum atomic E-state index is 0.105. The van der Waals surface area contributed by atoms with Crippen LogP contribution in [0.3, 0.4) is 0 Å². The van der Waals surface area contributed by atoms with Gasteiger partial charge in [-0.2, -0.15) is 0 Å². The van der Waals surface area contributed by atoms with Gasteiger partial charge in [-0.15, -0.1) is 0 Å². The molecule has 0 aliphatic carbocycles. The number of nitrogens with one attached hydrogen (secondary N) is 2. The van der Waals surface area contributed by atoms with E-state index >= 15 is 0 Å². The van der Waals surface area contributed by atoms with Crippen LogP contribution in [0.2, 0.25) is 0 Å². The number of imidazole rings is 1. The van der Waals surface area contributed by atoms with Crippen molar-refractivity contribution in [1.29, 1.82) is 0 Å². The molecular weight excluding hydrogens is 258 g/mol. The molecule has 3 heteroatoms. The molecule has 1 heterocycles. The van der Waals surface area contributed by atoms with Crippen molar-refractivity contribution in [3.8, 4) is 11.4 Å². The maximum atomic E-state index is 4.50. The van der Waals surface area contributed by atoms with Gasteiger partial charge in [-0.05, 0) is 37.6 Å². The highest BCUT2D eigenvalue weighted by atomic mass is 15.0. The molecule has 0 atom stereocenters. The zero-order valence-electron chi connectivity index (χ0n) is 12.8. The summed E-state index contributed by atoms with van der Waals surface area (Å²) < 4.78 is 0. The molecule has 0 spiro atoms. The Bertz CT molecular complexity index is 750. The fourth-order valence-corrected chi connectivity index (χ4v) is 2.29. The number of aromatic amines is 1. The molecule has 0 bridgehead atoms. The van der Waals surface area contributed by atoms with Crippen molar-refractivity contribution >= 4 is 10.8 Å². The number of aromatic nitrogens is 2. The first kappa shape index (κ1) is 13.8. The lowest BCUT2D eigenvalue weighted by atomic mass is 10.1. The van der Waals surface area contributed by atoms with Gasteiger partial charge in [0, 0.05) is 29.5 Å². The van der Waals surface area contributed by atoms with Crippen LogP contribution < -0.4 is 5.32 Å². The van der Waals surface area contributed by atoms with Gasteiger partial charge in [0.25, 0.3) is 0 Å². The van der Waals surface area contributed by atoms with Gasteiger partial charge in [0.1, 0.15) is 5.82 Å². The second kappa shape index (κ2) is 5.34. The van der Waals surface area contributed by atoms with E-state index in [1.807, 2.05) is 6.20 Å². The first-order chi connectivity index (χ1) is 10.0. The first-order valence-electron chi connectivity index (χ1n) is 7.29. The van der Waals surface area contributed by atoms with Gasteiger partial charge >= 0.3 is 0 Å². The lowest BCUT2D eigenvalue weighted by Gasteiger charge is -2.19. The lowest BCUT2D eigenvalue weighted by molar-refractivity contribution is 0.422. The highest BCUT2D eigenvalue weighted by Crippen LogP contribution is 2.22. The topological polar surface area (TPSA) is 40.7 Å². The molecule has 0 saturated heterocycles. The smallest absolute Gasteiger partial charge is 0.137 e. The number of H-pyrrole nitrogens is 1. The number of fused-ring (bicyclic) bond motifs is 1. The van der Waals surface area contributed by atoms with E-state index in [4.69, 9.17) is 0 Å². The molecular formula is C18H21N3. The van der Waals surface area contributed by atoms with Gasteiger partial charge < -0.3 is 10.3 Å². The summed E-state index contributed by atoms with van der Waals surface area (Å²) in [4.78, 5) is 7.89. The normalized spacial score (nSPS) is 12.0. The summed E-state index contributed by atoms with van der Waals surface area (Å²) in [5, 5.41) is 5.95. The Morgan fingerprint density at radius 2 is 1.81 bits per heavy atom. The second-order valence-electron chi connectivity index (χ2n) is 6.42.